The number of ether oxygens (including phenoxy) is 2. The monoisotopic (exact) mass is 332 g/mol. The van der Waals surface area contributed by atoms with E-state index in [4.69, 9.17) is 9.47 Å². The van der Waals surface area contributed by atoms with Crippen LogP contribution in [0.3, 0.4) is 0 Å². The van der Waals surface area contributed by atoms with Crippen molar-refractivity contribution in [2.75, 3.05) is 25.1 Å². The van der Waals surface area contributed by atoms with Gasteiger partial charge in [-0.2, -0.15) is 0 Å². The van der Waals surface area contributed by atoms with Crippen molar-refractivity contribution in [3.63, 3.8) is 0 Å². The van der Waals surface area contributed by atoms with E-state index in [2.05, 4.69) is 5.32 Å². The SMILES string of the molecule is CCC(=O)Nc1cccc(C(=O)N2CCCCC2C2OCCO2)c1. The van der Waals surface area contributed by atoms with Gasteiger partial charge in [0.25, 0.3) is 5.91 Å². The van der Waals surface area contributed by atoms with Crippen LogP contribution in [0.25, 0.3) is 0 Å². The lowest BCUT2D eigenvalue weighted by Crippen LogP contribution is -2.50. The Morgan fingerprint density at radius 2 is 2.04 bits per heavy atom. The van der Waals surface area contributed by atoms with E-state index in [1.165, 1.54) is 0 Å². The minimum absolute atomic E-state index is 0.0357. The molecule has 0 aliphatic carbocycles. The molecule has 2 aliphatic heterocycles. The highest BCUT2D eigenvalue weighted by atomic mass is 16.7. The summed E-state index contributed by atoms with van der Waals surface area (Å²) in [5.41, 5.74) is 1.23. The molecule has 0 radical (unpaired) electrons. The van der Waals surface area contributed by atoms with Crippen LogP contribution in [0.2, 0.25) is 0 Å². The largest absolute Gasteiger partial charge is 0.348 e. The summed E-state index contributed by atoms with van der Waals surface area (Å²) in [7, 11) is 0. The maximum Gasteiger partial charge on any atom is 0.254 e. The maximum atomic E-state index is 13.0. The Bertz CT molecular complexity index is 598. The number of piperidine rings is 1. The fraction of sp³-hybridized carbons (Fsp3) is 0.556. The zero-order chi connectivity index (χ0) is 16.9. The molecule has 24 heavy (non-hydrogen) atoms. The van der Waals surface area contributed by atoms with Crippen LogP contribution >= 0.6 is 0 Å². The van der Waals surface area contributed by atoms with E-state index in [-0.39, 0.29) is 24.1 Å². The summed E-state index contributed by atoms with van der Waals surface area (Å²) in [6.45, 7) is 3.67. The van der Waals surface area contributed by atoms with Crippen LogP contribution in [-0.2, 0) is 14.3 Å². The first kappa shape index (κ1) is 16.9. The first-order chi connectivity index (χ1) is 11.7. The molecule has 1 atom stereocenters. The van der Waals surface area contributed by atoms with E-state index in [0.29, 0.717) is 37.4 Å². The molecule has 2 amide bonds. The Morgan fingerprint density at radius 3 is 2.79 bits per heavy atom. The average Bonchev–Trinajstić information content (AvgIpc) is 3.15. The second-order valence-corrected chi connectivity index (χ2v) is 6.15. The van der Waals surface area contributed by atoms with Crippen LogP contribution in [0.5, 0.6) is 0 Å². The van der Waals surface area contributed by atoms with Crippen LogP contribution in [-0.4, -0.2) is 48.8 Å². The van der Waals surface area contributed by atoms with E-state index in [1.807, 2.05) is 4.90 Å². The lowest BCUT2D eigenvalue weighted by molar-refractivity contribution is -0.115. The molecule has 1 aromatic carbocycles. The highest BCUT2D eigenvalue weighted by Gasteiger charge is 2.36. The number of rotatable bonds is 4. The highest BCUT2D eigenvalue weighted by Crippen LogP contribution is 2.26. The Hall–Kier alpha value is -1.92. The minimum Gasteiger partial charge on any atom is -0.348 e. The van der Waals surface area contributed by atoms with Crippen molar-refractivity contribution in [1.29, 1.82) is 0 Å². The van der Waals surface area contributed by atoms with Gasteiger partial charge >= 0.3 is 0 Å². The number of hydrogen-bond donors (Lipinski definition) is 1. The topological polar surface area (TPSA) is 67.9 Å². The molecule has 0 saturated carbocycles. The summed E-state index contributed by atoms with van der Waals surface area (Å²) in [5, 5.41) is 2.80. The summed E-state index contributed by atoms with van der Waals surface area (Å²) in [6, 6.07) is 7.06. The molecule has 6 heteroatoms. The Balaban J connectivity index is 1.76. The third kappa shape index (κ3) is 3.76. The molecule has 2 saturated heterocycles. The van der Waals surface area contributed by atoms with Gasteiger partial charge in [0.15, 0.2) is 6.29 Å². The summed E-state index contributed by atoms with van der Waals surface area (Å²) < 4.78 is 11.3. The smallest absolute Gasteiger partial charge is 0.254 e. The summed E-state index contributed by atoms with van der Waals surface area (Å²) >= 11 is 0. The molecular weight excluding hydrogens is 308 g/mol. The van der Waals surface area contributed by atoms with Gasteiger partial charge in [0.2, 0.25) is 5.91 Å². The van der Waals surface area contributed by atoms with Gasteiger partial charge in [0.1, 0.15) is 0 Å². The lowest BCUT2D eigenvalue weighted by Gasteiger charge is -2.38. The molecule has 130 valence electrons. The zero-order valence-electron chi connectivity index (χ0n) is 14.0. The molecule has 0 spiro atoms. The Labute approximate surface area is 142 Å². The second kappa shape index (κ2) is 7.77. The average molecular weight is 332 g/mol. The summed E-state index contributed by atoms with van der Waals surface area (Å²) in [5.74, 6) is -0.102. The Morgan fingerprint density at radius 1 is 1.25 bits per heavy atom. The third-order valence-electron chi connectivity index (χ3n) is 4.49. The molecule has 2 aliphatic rings. The van der Waals surface area contributed by atoms with Crippen molar-refractivity contribution in [3.05, 3.63) is 29.8 Å². The normalized spacial score (nSPS) is 21.7. The molecule has 1 aromatic rings. The number of benzene rings is 1. The van der Waals surface area contributed by atoms with E-state index < -0.39 is 0 Å². The molecule has 1 N–H and O–H groups in total. The first-order valence-electron chi connectivity index (χ1n) is 8.63. The molecular formula is C18H24N2O4. The molecule has 1 unspecified atom stereocenters. The van der Waals surface area contributed by atoms with E-state index in [9.17, 15) is 9.59 Å². The number of hydrogen-bond acceptors (Lipinski definition) is 4. The van der Waals surface area contributed by atoms with Gasteiger partial charge in [0.05, 0.1) is 19.3 Å². The van der Waals surface area contributed by atoms with Gasteiger partial charge < -0.3 is 19.7 Å². The molecule has 2 heterocycles. The van der Waals surface area contributed by atoms with Crippen molar-refractivity contribution < 1.29 is 19.1 Å². The predicted molar refractivity (Wildman–Crippen MR) is 89.7 cm³/mol. The number of amides is 2. The van der Waals surface area contributed by atoms with Crippen LogP contribution in [0.1, 0.15) is 43.0 Å². The lowest BCUT2D eigenvalue weighted by atomic mass is 10.00. The van der Waals surface area contributed by atoms with Crippen molar-refractivity contribution in [2.24, 2.45) is 0 Å². The maximum absolute atomic E-state index is 13.0. The van der Waals surface area contributed by atoms with Crippen LogP contribution in [0.15, 0.2) is 24.3 Å². The molecule has 6 nitrogen and oxygen atoms in total. The van der Waals surface area contributed by atoms with E-state index >= 15 is 0 Å². The quantitative estimate of drug-likeness (QED) is 0.919. The minimum atomic E-state index is -0.322. The van der Waals surface area contributed by atoms with Gasteiger partial charge in [-0.1, -0.05) is 13.0 Å². The number of nitrogens with zero attached hydrogens (tertiary/aromatic N) is 1. The van der Waals surface area contributed by atoms with Gasteiger partial charge in [-0.05, 0) is 37.5 Å². The van der Waals surface area contributed by atoms with Gasteiger partial charge in [-0.3, -0.25) is 9.59 Å². The van der Waals surface area contributed by atoms with Gasteiger partial charge in [-0.25, -0.2) is 0 Å². The van der Waals surface area contributed by atoms with Crippen LogP contribution in [0.4, 0.5) is 5.69 Å². The van der Waals surface area contributed by atoms with Crippen LogP contribution in [0, 0.1) is 0 Å². The van der Waals surface area contributed by atoms with Crippen molar-refractivity contribution >= 4 is 17.5 Å². The summed E-state index contributed by atoms with van der Waals surface area (Å²) in [6.07, 6.45) is 3.04. The number of likely N-dealkylation sites (tertiary alicyclic amines) is 1. The predicted octanol–water partition coefficient (Wildman–Crippen LogP) is 2.40. The van der Waals surface area contributed by atoms with E-state index in [1.54, 1.807) is 31.2 Å². The molecule has 3 rings (SSSR count). The number of anilines is 1. The molecule has 0 bridgehead atoms. The fourth-order valence-electron chi connectivity index (χ4n) is 3.24. The zero-order valence-corrected chi connectivity index (χ0v) is 14.0. The molecule has 2 fully saturated rings. The van der Waals surface area contributed by atoms with Gasteiger partial charge in [-0.15, -0.1) is 0 Å². The number of carbonyl (C=O) groups is 2. The first-order valence-corrected chi connectivity index (χ1v) is 8.63. The fourth-order valence-corrected chi connectivity index (χ4v) is 3.24. The Kier molecular flexibility index (Phi) is 5.48. The number of carbonyl (C=O) groups excluding carboxylic acids is 2. The molecule has 0 aromatic heterocycles. The van der Waals surface area contributed by atoms with Crippen LogP contribution < -0.4 is 5.32 Å². The third-order valence-corrected chi connectivity index (χ3v) is 4.49. The second-order valence-electron chi connectivity index (χ2n) is 6.15. The number of nitrogens with one attached hydrogen (secondary N) is 1. The standard InChI is InChI=1S/C18H24N2O4/c1-2-16(21)19-14-7-5-6-13(12-14)17(22)20-9-4-3-8-15(20)18-23-10-11-24-18/h5-7,12,15,18H,2-4,8-11H2,1H3,(H,19,21). The van der Waals surface area contributed by atoms with Crippen molar-refractivity contribution in [2.45, 2.75) is 44.9 Å². The highest BCUT2D eigenvalue weighted by molar-refractivity contribution is 5.97. The van der Waals surface area contributed by atoms with Crippen molar-refractivity contribution in [3.8, 4) is 0 Å². The van der Waals surface area contributed by atoms with E-state index in [0.717, 1.165) is 19.3 Å². The van der Waals surface area contributed by atoms with Crippen molar-refractivity contribution in [1.82, 2.24) is 4.90 Å². The summed E-state index contributed by atoms with van der Waals surface area (Å²) in [4.78, 5) is 26.4. The van der Waals surface area contributed by atoms with Gasteiger partial charge in [0, 0.05) is 24.2 Å².